The Kier molecular flexibility index (Phi) is 2.81. The maximum atomic E-state index is 12.1. The van der Waals surface area contributed by atoms with E-state index >= 15 is 0 Å². The van der Waals surface area contributed by atoms with Gasteiger partial charge in [0.15, 0.2) is 0 Å². The second-order valence-electron chi connectivity index (χ2n) is 2.14. The van der Waals surface area contributed by atoms with Gasteiger partial charge >= 0.3 is 0 Å². The summed E-state index contributed by atoms with van der Waals surface area (Å²) < 4.78 is 24.2. The predicted octanol–water partition coefficient (Wildman–Crippen LogP) is 2.46. The van der Waals surface area contributed by atoms with E-state index in [-0.39, 0.29) is 11.4 Å². The molecule has 1 N–H and O–H groups in total. The lowest BCUT2D eigenvalue weighted by Crippen LogP contribution is -1.93. The van der Waals surface area contributed by atoms with Crippen LogP contribution in [0.5, 0.6) is 5.75 Å². The Bertz CT molecular complexity index is 280. The number of alkyl halides is 3. The first kappa shape index (κ1) is 9.19. The molecule has 0 saturated heterocycles. The van der Waals surface area contributed by atoms with Crippen molar-refractivity contribution in [2.24, 2.45) is 0 Å². The van der Waals surface area contributed by atoms with Crippen molar-refractivity contribution in [2.75, 3.05) is 0 Å². The molecule has 0 fully saturated rings. The zero-order chi connectivity index (χ0) is 9.14. The van der Waals surface area contributed by atoms with E-state index in [2.05, 4.69) is 4.98 Å². The molecule has 1 aromatic heterocycles. The van der Waals surface area contributed by atoms with Gasteiger partial charge in [0, 0.05) is 11.8 Å². The molecule has 0 saturated carbocycles. The molecular formula is C7H6ClF2NO. The van der Waals surface area contributed by atoms with E-state index in [4.69, 9.17) is 16.7 Å². The van der Waals surface area contributed by atoms with E-state index in [1.54, 1.807) is 0 Å². The number of aromatic nitrogens is 1. The fourth-order valence-electron chi connectivity index (χ4n) is 0.780. The van der Waals surface area contributed by atoms with Crippen LogP contribution in [-0.4, -0.2) is 10.1 Å². The molecule has 0 spiro atoms. The van der Waals surface area contributed by atoms with Crippen LogP contribution >= 0.6 is 11.6 Å². The van der Waals surface area contributed by atoms with Gasteiger partial charge in [0.05, 0.1) is 5.88 Å². The van der Waals surface area contributed by atoms with E-state index < -0.39 is 17.9 Å². The van der Waals surface area contributed by atoms with E-state index in [9.17, 15) is 8.78 Å². The average Bonchev–Trinajstić information content (AvgIpc) is 2.04. The van der Waals surface area contributed by atoms with E-state index in [0.29, 0.717) is 0 Å². The molecule has 0 unspecified atom stereocenters. The van der Waals surface area contributed by atoms with Crippen molar-refractivity contribution in [3.05, 3.63) is 23.5 Å². The van der Waals surface area contributed by atoms with Crippen LogP contribution in [0.4, 0.5) is 8.78 Å². The van der Waals surface area contributed by atoms with Crippen LogP contribution in [0.2, 0.25) is 0 Å². The average molecular weight is 194 g/mol. The smallest absolute Gasteiger partial charge is 0.284 e. The summed E-state index contributed by atoms with van der Waals surface area (Å²) in [5.74, 6) is -0.517. The van der Waals surface area contributed by atoms with Gasteiger partial charge < -0.3 is 5.11 Å². The number of hydrogen-bond donors (Lipinski definition) is 1. The highest BCUT2D eigenvalue weighted by atomic mass is 35.5. The first-order valence-electron chi connectivity index (χ1n) is 3.17. The normalized spacial score (nSPS) is 10.7. The van der Waals surface area contributed by atoms with Crippen LogP contribution in [0, 0.1) is 0 Å². The highest BCUT2D eigenvalue weighted by Gasteiger charge is 2.16. The summed E-state index contributed by atoms with van der Waals surface area (Å²) in [6, 6.07) is 1.40. The molecule has 5 heteroatoms. The summed E-state index contributed by atoms with van der Waals surface area (Å²) in [6.07, 6.45) is -1.58. The topological polar surface area (TPSA) is 33.1 Å². The number of hydrogen-bond acceptors (Lipinski definition) is 2. The van der Waals surface area contributed by atoms with Crippen LogP contribution in [0.3, 0.4) is 0 Å². The lowest BCUT2D eigenvalue weighted by Gasteiger charge is -2.04. The Morgan fingerprint density at radius 1 is 1.58 bits per heavy atom. The molecule has 1 aromatic rings. The Hall–Kier alpha value is -0.900. The van der Waals surface area contributed by atoms with Crippen molar-refractivity contribution in [1.29, 1.82) is 0 Å². The van der Waals surface area contributed by atoms with Crippen molar-refractivity contribution in [3.63, 3.8) is 0 Å². The van der Waals surface area contributed by atoms with E-state index in [1.807, 2.05) is 0 Å². The largest absolute Gasteiger partial charge is 0.505 e. The second-order valence-corrected chi connectivity index (χ2v) is 2.41. The number of rotatable bonds is 2. The van der Waals surface area contributed by atoms with Crippen molar-refractivity contribution >= 4 is 11.6 Å². The maximum absolute atomic E-state index is 12.1. The third-order valence-electron chi connectivity index (χ3n) is 1.39. The summed E-state index contributed by atoms with van der Waals surface area (Å²) in [4.78, 5) is 3.33. The van der Waals surface area contributed by atoms with Crippen LogP contribution in [0.25, 0.3) is 0 Å². The molecule has 1 rings (SSSR count). The summed E-state index contributed by atoms with van der Waals surface area (Å²) in [5.41, 5.74) is -0.352. The van der Waals surface area contributed by atoms with Gasteiger partial charge in [-0.2, -0.15) is 0 Å². The van der Waals surface area contributed by atoms with Crippen molar-refractivity contribution in [1.82, 2.24) is 4.98 Å². The number of aromatic hydroxyl groups is 1. The van der Waals surface area contributed by atoms with Crippen LogP contribution in [0.1, 0.15) is 17.7 Å². The number of nitrogens with zero attached hydrogens (tertiary/aromatic N) is 1. The molecule has 0 radical (unpaired) electrons. The van der Waals surface area contributed by atoms with E-state index in [1.165, 1.54) is 12.3 Å². The molecule has 0 atom stereocenters. The lowest BCUT2D eigenvalue weighted by atomic mass is 10.2. The Balaban J connectivity index is 3.14. The van der Waals surface area contributed by atoms with Gasteiger partial charge in [0.1, 0.15) is 11.4 Å². The summed E-state index contributed by atoms with van der Waals surface area (Å²) in [7, 11) is 0. The van der Waals surface area contributed by atoms with Crippen LogP contribution in [0.15, 0.2) is 12.3 Å². The third kappa shape index (κ3) is 1.64. The molecule has 66 valence electrons. The zero-order valence-electron chi connectivity index (χ0n) is 5.97. The molecule has 1 heterocycles. The minimum Gasteiger partial charge on any atom is -0.505 e. The van der Waals surface area contributed by atoms with Gasteiger partial charge in [-0.25, -0.2) is 8.78 Å². The Labute approximate surface area is 72.8 Å². The van der Waals surface area contributed by atoms with Gasteiger partial charge in [-0.05, 0) is 6.07 Å². The van der Waals surface area contributed by atoms with Gasteiger partial charge in [-0.1, -0.05) is 0 Å². The first-order chi connectivity index (χ1) is 5.66. The standard InChI is InChI=1S/C7H6ClF2NO/c8-3-4-1-2-11-5(6(4)12)7(9)10/h1-2,7,12H,3H2. The molecule has 12 heavy (non-hydrogen) atoms. The number of pyridine rings is 1. The van der Waals surface area contributed by atoms with Crippen molar-refractivity contribution in [3.8, 4) is 5.75 Å². The van der Waals surface area contributed by atoms with Gasteiger partial charge in [0.25, 0.3) is 6.43 Å². The number of halogens is 3. The third-order valence-corrected chi connectivity index (χ3v) is 1.67. The van der Waals surface area contributed by atoms with Crippen molar-refractivity contribution < 1.29 is 13.9 Å². The zero-order valence-corrected chi connectivity index (χ0v) is 6.72. The molecule has 0 aliphatic rings. The maximum Gasteiger partial charge on any atom is 0.284 e. The van der Waals surface area contributed by atoms with E-state index in [0.717, 1.165) is 0 Å². The Morgan fingerprint density at radius 3 is 2.75 bits per heavy atom. The molecule has 0 bridgehead atoms. The quantitative estimate of drug-likeness (QED) is 0.732. The van der Waals surface area contributed by atoms with Gasteiger partial charge in [-0.15, -0.1) is 11.6 Å². The summed E-state index contributed by atoms with van der Waals surface area (Å²) >= 11 is 5.38. The van der Waals surface area contributed by atoms with Crippen LogP contribution in [-0.2, 0) is 5.88 Å². The van der Waals surface area contributed by atoms with Crippen molar-refractivity contribution in [2.45, 2.75) is 12.3 Å². The first-order valence-corrected chi connectivity index (χ1v) is 3.71. The molecular weight excluding hydrogens is 188 g/mol. The monoisotopic (exact) mass is 193 g/mol. The molecule has 0 aliphatic heterocycles. The SMILES string of the molecule is Oc1c(CCl)ccnc1C(F)F. The Morgan fingerprint density at radius 2 is 2.25 bits per heavy atom. The highest BCUT2D eigenvalue weighted by molar-refractivity contribution is 6.17. The summed E-state index contributed by atoms with van der Waals surface area (Å²) in [5, 5.41) is 9.13. The molecule has 0 aromatic carbocycles. The second kappa shape index (κ2) is 3.67. The minimum absolute atomic E-state index is 0.00588. The minimum atomic E-state index is -2.77. The predicted molar refractivity (Wildman–Crippen MR) is 40.4 cm³/mol. The molecule has 2 nitrogen and oxygen atoms in total. The lowest BCUT2D eigenvalue weighted by molar-refractivity contribution is 0.141. The fourth-order valence-corrected chi connectivity index (χ4v) is 0.995. The van der Waals surface area contributed by atoms with Gasteiger partial charge in [0.2, 0.25) is 0 Å². The molecule has 0 aliphatic carbocycles. The summed E-state index contributed by atoms with van der Waals surface area (Å²) in [6.45, 7) is 0. The molecule has 0 amide bonds. The van der Waals surface area contributed by atoms with Gasteiger partial charge in [-0.3, -0.25) is 4.98 Å². The fraction of sp³-hybridized carbons (Fsp3) is 0.286. The highest BCUT2D eigenvalue weighted by Crippen LogP contribution is 2.29. The van der Waals surface area contributed by atoms with Crippen LogP contribution < -0.4 is 0 Å².